The van der Waals surface area contributed by atoms with E-state index in [0.29, 0.717) is 6.61 Å². The minimum Gasteiger partial charge on any atom is -0.383 e. The van der Waals surface area contributed by atoms with Crippen molar-refractivity contribution in [3.63, 3.8) is 0 Å². The molecule has 0 atom stereocenters. The second-order valence-electron chi connectivity index (χ2n) is 6.25. The van der Waals surface area contributed by atoms with E-state index < -0.39 is 0 Å². The molecule has 132 valence electrons. The van der Waals surface area contributed by atoms with E-state index in [1.807, 2.05) is 11.6 Å². The number of methoxy groups -OCH3 is 1. The standard InChI is InChI=1S/C17H33N5O/c1-13(2)8-7-9-19-17(18-5)20-12-16-14(3)21-22(15(16)4)10-11-23-6/h13H,7-12H2,1-6H3,(H2,18,19,20). The van der Waals surface area contributed by atoms with Gasteiger partial charge in [-0.15, -0.1) is 0 Å². The van der Waals surface area contributed by atoms with Crippen LogP contribution >= 0.6 is 0 Å². The summed E-state index contributed by atoms with van der Waals surface area (Å²) in [4.78, 5) is 4.28. The molecular weight excluding hydrogens is 290 g/mol. The van der Waals surface area contributed by atoms with Gasteiger partial charge in [0.05, 0.1) is 18.8 Å². The zero-order valence-corrected chi connectivity index (χ0v) is 15.6. The summed E-state index contributed by atoms with van der Waals surface area (Å²) >= 11 is 0. The number of aliphatic imine (C=N–C) groups is 1. The summed E-state index contributed by atoms with van der Waals surface area (Å²) in [6, 6.07) is 0. The van der Waals surface area contributed by atoms with Crippen LogP contribution in [0.1, 0.15) is 43.6 Å². The molecule has 1 heterocycles. The number of hydrogen-bond donors (Lipinski definition) is 2. The lowest BCUT2D eigenvalue weighted by molar-refractivity contribution is 0.182. The van der Waals surface area contributed by atoms with Crippen LogP contribution in [-0.2, 0) is 17.8 Å². The average Bonchev–Trinajstić information content (AvgIpc) is 2.78. The SMILES string of the molecule is CN=C(NCCCC(C)C)NCc1c(C)nn(CCOC)c1C. The Balaban J connectivity index is 2.50. The molecule has 0 aliphatic carbocycles. The van der Waals surface area contributed by atoms with Crippen molar-refractivity contribution in [2.45, 2.75) is 53.6 Å². The summed E-state index contributed by atoms with van der Waals surface area (Å²) in [6.07, 6.45) is 2.39. The maximum Gasteiger partial charge on any atom is 0.191 e. The number of ether oxygens (including phenoxy) is 1. The van der Waals surface area contributed by atoms with Crippen LogP contribution in [0, 0.1) is 19.8 Å². The van der Waals surface area contributed by atoms with Crippen molar-refractivity contribution in [2.24, 2.45) is 10.9 Å². The first-order chi connectivity index (χ1) is 11.0. The third kappa shape index (κ3) is 6.60. The van der Waals surface area contributed by atoms with Gasteiger partial charge in [0, 0.05) is 38.5 Å². The number of aryl methyl sites for hydroxylation is 1. The fraction of sp³-hybridized carbons (Fsp3) is 0.765. The summed E-state index contributed by atoms with van der Waals surface area (Å²) in [7, 11) is 3.52. The lowest BCUT2D eigenvalue weighted by atomic mass is 10.1. The predicted molar refractivity (Wildman–Crippen MR) is 95.9 cm³/mol. The molecular formula is C17H33N5O. The second-order valence-corrected chi connectivity index (χ2v) is 6.25. The van der Waals surface area contributed by atoms with E-state index in [-0.39, 0.29) is 0 Å². The zero-order chi connectivity index (χ0) is 17.2. The van der Waals surface area contributed by atoms with Crippen molar-refractivity contribution in [2.75, 3.05) is 27.3 Å². The molecule has 1 aromatic rings. The highest BCUT2D eigenvalue weighted by Gasteiger charge is 2.11. The van der Waals surface area contributed by atoms with Gasteiger partial charge in [-0.2, -0.15) is 5.10 Å². The molecule has 0 aliphatic rings. The van der Waals surface area contributed by atoms with Crippen LogP contribution < -0.4 is 10.6 Å². The van der Waals surface area contributed by atoms with Crippen LogP contribution in [0.2, 0.25) is 0 Å². The molecule has 0 spiro atoms. The van der Waals surface area contributed by atoms with Crippen molar-refractivity contribution in [1.29, 1.82) is 0 Å². The molecule has 0 aromatic carbocycles. The number of nitrogens with one attached hydrogen (secondary N) is 2. The molecule has 6 heteroatoms. The number of guanidine groups is 1. The Morgan fingerprint density at radius 2 is 2.04 bits per heavy atom. The van der Waals surface area contributed by atoms with Crippen molar-refractivity contribution >= 4 is 5.96 Å². The first kappa shape index (κ1) is 19.5. The highest BCUT2D eigenvalue weighted by Crippen LogP contribution is 2.12. The summed E-state index contributed by atoms with van der Waals surface area (Å²) in [5.41, 5.74) is 3.47. The van der Waals surface area contributed by atoms with Crippen molar-refractivity contribution in [3.8, 4) is 0 Å². The molecule has 6 nitrogen and oxygen atoms in total. The van der Waals surface area contributed by atoms with Crippen molar-refractivity contribution in [3.05, 3.63) is 17.0 Å². The molecule has 23 heavy (non-hydrogen) atoms. The van der Waals surface area contributed by atoms with Gasteiger partial charge < -0.3 is 15.4 Å². The maximum atomic E-state index is 5.13. The molecule has 0 aliphatic heterocycles. The van der Waals surface area contributed by atoms with Crippen molar-refractivity contribution in [1.82, 2.24) is 20.4 Å². The Hall–Kier alpha value is -1.56. The van der Waals surface area contributed by atoms with Gasteiger partial charge in [-0.1, -0.05) is 13.8 Å². The fourth-order valence-corrected chi connectivity index (χ4v) is 2.50. The van der Waals surface area contributed by atoms with Crippen LogP contribution in [0.5, 0.6) is 0 Å². The minimum absolute atomic E-state index is 0.675. The van der Waals surface area contributed by atoms with Gasteiger partial charge >= 0.3 is 0 Å². The lowest BCUT2D eigenvalue weighted by Gasteiger charge is -2.13. The molecule has 0 radical (unpaired) electrons. The predicted octanol–water partition coefficient (Wildman–Crippen LogP) is 2.25. The largest absolute Gasteiger partial charge is 0.383 e. The average molecular weight is 323 g/mol. The highest BCUT2D eigenvalue weighted by molar-refractivity contribution is 5.79. The van der Waals surface area contributed by atoms with Crippen LogP contribution in [-0.4, -0.2) is 43.0 Å². The molecule has 2 N–H and O–H groups in total. The second kappa shape index (κ2) is 10.3. The zero-order valence-electron chi connectivity index (χ0n) is 15.6. The number of rotatable bonds is 9. The van der Waals surface area contributed by atoms with E-state index in [1.165, 1.54) is 17.7 Å². The number of aromatic nitrogens is 2. The third-order valence-electron chi connectivity index (χ3n) is 3.95. The van der Waals surface area contributed by atoms with Gasteiger partial charge in [0.15, 0.2) is 5.96 Å². The molecule has 0 saturated heterocycles. The Morgan fingerprint density at radius 3 is 2.65 bits per heavy atom. The third-order valence-corrected chi connectivity index (χ3v) is 3.95. The highest BCUT2D eigenvalue weighted by atomic mass is 16.5. The van der Waals surface area contributed by atoms with E-state index in [4.69, 9.17) is 4.74 Å². The smallest absolute Gasteiger partial charge is 0.191 e. The van der Waals surface area contributed by atoms with E-state index in [0.717, 1.165) is 43.6 Å². The molecule has 0 bridgehead atoms. The van der Waals surface area contributed by atoms with Crippen LogP contribution in [0.3, 0.4) is 0 Å². The summed E-state index contributed by atoms with van der Waals surface area (Å²) < 4.78 is 7.14. The van der Waals surface area contributed by atoms with Crippen LogP contribution in [0.25, 0.3) is 0 Å². The van der Waals surface area contributed by atoms with E-state index in [2.05, 4.69) is 41.5 Å². The van der Waals surface area contributed by atoms with Gasteiger partial charge in [0.25, 0.3) is 0 Å². The van der Waals surface area contributed by atoms with Crippen molar-refractivity contribution < 1.29 is 4.74 Å². The Kier molecular flexibility index (Phi) is 8.69. The lowest BCUT2D eigenvalue weighted by Crippen LogP contribution is -2.37. The molecule has 0 saturated carbocycles. The summed E-state index contributed by atoms with van der Waals surface area (Å²) in [5, 5.41) is 11.3. The Bertz CT molecular complexity index is 493. The van der Waals surface area contributed by atoms with Gasteiger partial charge in [0.2, 0.25) is 0 Å². The normalized spacial score (nSPS) is 12.0. The van der Waals surface area contributed by atoms with Crippen LogP contribution in [0.4, 0.5) is 0 Å². The van der Waals surface area contributed by atoms with Gasteiger partial charge in [0.1, 0.15) is 0 Å². The quantitative estimate of drug-likeness (QED) is 0.416. The molecule has 0 amide bonds. The minimum atomic E-state index is 0.675. The Labute approximate surface area is 140 Å². The first-order valence-corrected chi connectivity index (χ1v) is 8.45. The van der Waals surface area contributed by atoms with E-state index in [1.54, 1.807) is 14.2 Å². The number of nitrogens with zero attached hydrogens (tertiary/aromatic N) is 3. The van der Waals surface area contributed by atoms with Gasteiger partial charge in [-0.25, -0.2) is 0 Å². The number of hydrogen-bond acceptors (Lipinski definition) is 3. The van der Waals surface area contributed by atoms with Crippen LogP contribution in [0.15, 0.2) is 4.99 Å². The topological polar surface area (TPSA) is 63.5 Å². The molecule has 1 rings (SSSR count). The van der Waals surface area contributed by atoms with Gasteiger partial charge in [-0.3, -0.25) is 9.67 Å². The molecule has 0 unspecified atom stereocenters. The maximum absolute atomic E-state index is 5.13. The monoisotopic (exact) mass is 323 g/mol. The first-order valence-electron chi connectivity index (χ1n) is 8.45. The van der Waals surface area contributed by atoms with Gasteiger partial charge in [-0.05, 0) is 32.6 Å². The molecule has 1 aromatic heterocycles. The summed E-state index contributed by atoms with van der Waals surface area (Å²) in [6.45, 7) is 11.8. The molecule has 0 fully saturated rings. The van der Waals surface area contributed by atoms with E-state index >= 15 is 0 Å². The van der Waals surface area contributed by atoms with E-state index in [9.17, 15) is 0 Å². The fourth-order valence-electron chi connectivity index (χ4n) is 2.50. The Morgan fingerprint density at radius 1 is 1.30 bits per heavy atom. The summed E-state index contributed by atoms with van der Waals surface area (Å²) in [5.74, 6) is 1.59.